The molecule has 0 unspecified atom stereocenters. The van der Waals surface area contributed by atoms with Crippen LogP contribution in [0.2, 0.25) is 0 Å². The molecule has 16 heteroatoms. The first kappa shape index (κ1) is 37.8. The van der Waals surface area contributed by atoms with Gasteiger partial charge in [0.2, 0.25) is 0 Å². The third-order valence-electron chi connectivity index (χ3n) is 7.26. The van der Waals surface area contributed by atoms with Gasteiger partial charge in [0.1, 0.15) is 0 Å². The molecule has 0 radical (unpaired) electrons. The Morgan fingerprint density at radius 1 is 0.708 bits per heavy atom. The first-order chi connectivity index (χ1) is 22.1. The summed E-state index contributed by atoms with van der Waals surface area (Å²) in [7, 11) is -7.33. The van der Waals surface area contributed by atoms with Crippen molar-refractivity contribution in [2.24, 2.45) is 0 Å². The number of carboxylic acids is 2. The van der Waals surface area contributed by atoms with E-state index in [-0.39, 0.29) is 12.8 Å². The Balaban J connectivity index is 0.000000548. The minimum atomic E-state index is -3.67. The molecule has 48 heavy (non-hydrogen) atoms. The highest BCUT2D eigenvalue weighted by Crippen LogP contribution is 2.35. The Hall–Kier alpha value is -4.64. The van der Waals surface area contributed by atoms with E-state index in [1.54, 1.807) is 0 Å². The van der Waals surface area contributed by atoms with Gasteiger partial charge in [0.05, 0.1) is 35.3 Å². The molecule has 2 aliphatic rings. The van der Waals surface area contributed by atoms with Crippen LogP contribution in [0.1, 0.15) is 72.6 Å². The highest BCUT2D eigenvalue weighted by molar-refractivity contribution is 7.85. The van der Waals surface area contributed by atoms with Crippen LogP contribution in [0.4, 0.5) is 0 Å². The van der Waals surface area contributed by atoms with E-state index >= 15 is 0 Å². The summed E-state index contributed by atoms with van der Waals surface area (Å²) in [5.41, 5.74) is 12.4. The second-order valence-electron chi connectivity index (χ2n) is 11.4. The topological polar surface area (TPSA) is 241 Å². The lowest BCUT2D eigenvalue weighted by Gasteiger charge is -2.03. The molecule has 0 spiro atoms. The fourth-order valence-corrected chi connectivity index (χ4v) is 5.11. The largest absolute Gasteiger partial charge is 0.481 e. The van der Waals surface area contributed by atoms with E-state index in [4.69, 9.17) is 19.1 Å². The first-order valence-corrected chi connectivity index (χ1v) is 18.2. The highest BCUT2D eigenvalue weighted by Gasteiger charge is 2.20. The molecular formula is C32H38N4O10S2. The lowest BCUT2D eigenvalue weighted by molar-refractivity contribution is -0.137. The Morgan fingerprint density at radius 3 is 1.88 bits per heavy atom. The molecule has 3 aromatic heterocycles. The summed E-state index contributed by atoms with van der Waals surface area (Å²) in [5.74, 6) is -1.73. The van der Waals surface area contributed by atoms with Crippen LogP contribution in [-0.4, -0.2) is 80.5 Å². The van der Waals surface area contributed by atoms with Crippen LogP contribution in [-0.2, 0) is 36.2 Å². The van der Waals surface area contributed by atoms with Gasteiger partial charge >= 0.3 is 11.9 Å². The average molecular weight is 703 g/mol. The van der Waals surface area contributed by atoms with Crippen molar-refractivity contribution >= 4 is 77.0 Å². The molecule has 0 fully saturated rings. The third-order valence-corrected chi connectivity index (χ3v) is 7.26. The molecule has 0 aliphatic carbocycles. The van der Waals surface area contributed by atoms with Gasteiger partial charge in [-0.2, -0.15) is 16.8 Å². The summed E-state index contributed by atoms with van der Waals surface area (Å²) in [5, 5.41) is 18.7. The molecular weight excluding hydrogens is 665 g/mol. The molecule has 0 saturated carbocycles. The molecule has 258 valence electrons. The van der Waals surface area contributed by atoms with Crippen LogP contribution < -0.4 is 0 Å². The van der Waals surface area contributed by atoms with Gasteiger partial charge in [0, 0.05) is 34.9 Å². The quantitative estimate of drug-likeness (QED) is 0.179. The second-order valence-corrected chi connectivity index (χ2v) is 14.4. The van der Waals surface area contributed by atoms with Crippen LogP contribution in [0.15, 0.2) is 30.3 Å². The van der Waals surface area contributed by atoms with Crippen LogP contribution >= 0.6 is 0 Å². The van der Waals surface area contributed by atoms with E-state index in [1.165, 1.54) is 0 Å². The zero-order valence-corrected chi connectivity index (χ0v) is 28.9. The van der Waals surface area contributed by atoms with Crippen molar-refractivity contribution in [1.82, 2.24) is 19.9 Å². The lowest BCUT2D eigenvalue weighted by atomic mass is 10.0. The second kappa shape index (κ2) is 15.1. The van der Waals surface area contributed by atoms with E-state index in [9.17, 15) is 36.6 Å². The minimum Gasteiger partial charge on any atom is -0.481 e. The SMILES string of the molecule is CC1=Cc2cc3[nH]c(cc3C)cc3[nH]c(cc4nc(cc1n2)C(C)=C4CCC(=O)O)c(CCC(=O)O)c3C.CS(=O)(=O)O.CS(=O)(=O)O. The standard InChI is InChI=1S/C30H30N4O4.2CH4O3S/c1-15-9-20-12-25-17(3)21(5-7-29(35)36)27(33-25)14-28-22(6-8-30(37)38)18(4)26(34-28)13-24-16(2)10-19(32-24)11-23(15)31-20;2*1-5(2,3)4/h9-14,31,33H,5-8H2,1-4H3,(H,35,36)(H,37,38);2*1H3,(H,2,3,4). The van der Waals surface area contributed by atoms with Gasteiger partial charge < -0.3 is 20.2 Å². The lowest BCUT2D eigenvalue weighted by Crippen LogP contribution is -1.98. The number of nitrogens with zero attached hydrogens (tertiary/aromatic N) is 2. The number of hydrogen-bond donors (Lipinski definition) is 6. The number of aromatic amines is 2. The number of allylic oxidation sites excluding steroid dienone is 3. The van der Waals surface area contributed by atoms with Crippen molar-refractivity contribution < 1.29 is 45.7 Å². The Bertz CT molecular complexity index is 2170. The maximum atomic E-state index is 11.4. The summed E-state index contributed by atoms with van der Waals surface area (Å²) < 4.78 is 51.7. The van der Waals surface area contributed by atoms with E-state index < -0.39 is 32.2 Å². The van der Waals surface area contributed by atoms with Gasteiger partial charge in [-0.3, -0.25) is 18.7 Å². The monoisotopic (exact) mass is 702 g/mol. The minimum absolute atomic E-state index is 0.00209. The van der Waals surface area contributed by atoms with Gasteiger partial charge in [0.25, 0.3) is 20.2 Å². The van der Waals surface area contributed by atoms with Crippen LogP contribution in [0, 0.1) is 13.8 Å². The number of aryl methyl sites for hydroxylation is 3. The maximum Gasteiger partial charge on any atom is 0.303 e. The van der Waals surface area contributed by atoms with E-state index in [0.29, 0.717) is 31.0 Å². The van der Waals surface area contributed by atoms with Crippen LogP contribution in [0.25, 0.3) is 44.9 Å². The molecule has 8 bridgehead atoms. The predicted octanol–water partition coefficient (Wildman–Crippen LogP) is 5.31. The molecule has 3 aromatic rings. The Morgan fingerprint density at radius 2 is 1.29 bits per heavy atom. The molecule has 0 saturated heterocycles. The molecule has 6 N–H and O–H groups in total. The Kier molecular flexibility index (Phi) is 11.9. The van der Waals surface area contributed by atoms with Crippen molar-refractivity contribution in [3.63, 3.8) is 0 Å². The number of fused-ring (bicyclic) bond motifs is 8. The fraction of sp³-hybridized carbons (Fsp3) is 0.312. The van der Waals surface area contributed by atoms with Gasteiger partial charge in [-0.15, -0.1) is 0 Å². The number of hydrogen-bond acceptors (Lipinski definition) is 8. The smallest absolute Gasteiger partial charge is 0.303 e. The van der Waals surface area contributed by atoms with Crippen molar-refractivity contribution in [3.8, 4) is 0 Å². The van der Waals surface area contributed by atoms with Gasteiger partial charge in [0.15, 0.2) is 0 Å². The third kappa shape index (κ3) is 11.3. The maximum absolute atomic E-state index is 11.4. The number of carboxylic acid groups (broad SMARTS) is 2. The number of carbonyl (C=O) groups is 2. The number of aromatic nitrogens is 4. The predicted molar refractivity (Wildman–Crippen MR) is 184 cm³/mol. The molecule has 5 rings (SSSR count). The van der Waals surface area contributed by atoms with Gasteiger partial charge in [-0.05, 0) is 110 Å². The number of nitrogens with one attached hydrogen (secondary N) is 2. The van der Waals surface area contributed by atoms with E-state index in [1.807, 2.05) is 58.0 Å². The number of rotatable bonds is 6. The summed E-state index contributed by atoms with van der Waals surface area (Å²) in [4.78, 5) is 39.5. The highest BCUT2D eigenvalue weighted by atomic mass is 32.2. The molecule has 14 nitrogen and oxygen atoms in total. The van der Waals surface area contributed by atoms with Crippen molar-refractivity contribution in [1.29, 1.82) is 0 Å². The van der Waals surface area contributed by atoms with Crippen LogP contribution in [0.3, 0.4) is 0 Å². The van der Waals surface area contributed by atoms with Crippen molar-refractivity contribution in [3.05, 3.63) is 69.8 Å². The van der Waals surface area contributed by atoms with Crippen molar-refractivity contribution in [2.75, 3.05) is 12.5 Å². The fourth-order valence-electron chi connectivity index (χ4n) is 5.11. The molecule has 5 heterocycles. The normalized spacial score (nSPS) is 12.8. The zero-order valence-electron chi connectivity index (χ0n) is 27.2. The van der Waals surface area contributed by atoms with Gasteiger partial charge in [-0.25, -0.2) is 9.97 Å². The molecule has 2 aliphatic heterocycles. The summed E-state index contributed by atoms with van der Waals surface area (Å²) in [6, 6.07) is 10.00. The zero-order chi connectivity index (χ0) is 36.1. The number of H-pyrrole nitrogens is 2. The summed E-state index contributed by atoms with van der Waals surface area (Å²) in [6.45, 7) is 8.01. The summed E-state index contributed by atoms with van der Waals surface area (Å²) >= 11 is 0. The van der Waals surface area contributed by atoms with Gasteiger partial charge in [-0.1, -0.05) is 0 Å². The molecule has 0 amide bonds. The summed E-state index contributed by atoms with van der Waals surface area (Å²) in [6.07, 6.45) is 4.17. The first-order valence-electron chi connectivity index (χ1n) is 14.5. The molecule has 0 aromatic carbocycles. The number of aliphatic carboxylic acids is 2. The van der Waals surface area contributed by atoms with E-state index in [2.05, 4.69) is 16.0 Å². The van der Waals surface area contributed by atoms with Crippen molar-refractivity contribution in [2.45, 2.75) is 53.4 Å². The molecule has 0 atom stereocenters. The average Bonchev–Trinajstić information content (AvgIpc) is 3.61. The van der Waals surface area contributed by atoms with Crippen LogP contribution in [0.5, 0.6) is 0 Å². The van der Waals surface area contributed by atoms with E-state index in [0.717, 1.165) is 72.6 Å². The Labute approximate surface area is 277 Å².